The fourth-order valence-electron chi connectivity index (χ4n) is 3.00. The van der Waals surface area contributed by atoms with E-state index >= 15 is 0 Å². The Hall–Kier alpha value is -1.44. The molecule has 0 spiro atoms. The molecule has 0 fully saturated rings. The van der Waals surface area contributed by atoms with Crippen LogP contribution in [0.4, 0.5) is 0 Å². The smallest absolute Gasteiger partial charge is 0.0289 e. The summed E-state index contributed by atoms with van der Waals surface area (Å²) in [5.41, 5.74) is 5.91. The van der Waals surface area contributed by atoms with E-state index in [-0.39, 0.29) is 25.5 Å². The average molecular weight is 426 g/mol. The standard InChI is InChI=1S/C16H13N2.Ir/c1-16(2)12-6-4-10-17-15(12)13-7-3-5-11-8-9-14(16)18(11)13;/h3-6,8-10H,1-2H3;/q-1;. The van der Waals surface area contributed by atoms with Gasteiger partial charge in [-0.15, -0.1) is 6.07 Å². The molecule has 0 aromatic carbocycles. The maximum Gasteiger partial charge on any atom is 0.0289 e. The predicted molar refractivity (Wildman–Crippen MR) is 71.6 cm³/mol. The average Bonchev–Trinajstić information content (AvgIpc) is 2.82. The molecule has 0 atom stereocenters. The summed E-state index contributed by atoms with van der Waals surface area (Å²) < 4.78 is 2.27. The first kappa shape index (κ1) is 12.6. The predicted octanol–water partition coefficient (Wildman–Crippen LogP) is 3.44. The molecule has 0 amide bonds. The quantitative estimate of drug-likeness (QED) is 0.505. The number of hydrogen-bond acceptors (Lipinski definition) is 1. The molecule has 1 aliphatic rings. The third-order valence-corrected chi connectivity index (χ3v) is 3.95. The molecule has 4 heterocycles. The van der Waals surface area contributed by atoms with Gasteiger partial charge in [-0.05, 0) is 35.1 Å². The molecular weight excluding hydrogens is 412 g/mol. The Morgan fingerprint density at radius 2 is 2.00 bits per heavy atom. The van der Waals surface area contributed by atoms with Gasteiger partial charge in [0.1, 0.15) is 0 Å². The van der Waals surface area contributed by atoms with Gasteiger partial charge in [-0.25, -0.2) is 0 Å². The van der Waals surface area contributed by atoms with E-state index in [9.17, 15) is 0 Å². The SMILES string of the molecule is CC1(C)c2cccnc2-c2[c-]ccc3ccc1n23.[Ir]. The van der Waals surface area contributed by atoms with Gasteiger partial charge in [-0.1, -0.05) is 25.5 Å². The molecule has 4 rings (SSSR count). The van der Waals surface area contributed by atoms with E-state index in [0.717, 1.165) is 11.4 Å². The van der Waals surface area contributed by atoms with Crippen LogP contribution in [0.25, 0.3) is 16.9 Å². The van der Waals surface area contributed by atoms with Crippen LogP contribution in [-0.4, -0.2) is 9.38 Å². The van der Waals surface area contributed by atoms with Crippen molar-refractivity contribution in [1.82, 2.24) is 9.38 Å². The van der Waals surface area contributed by atoms with Gasteiger partial charge in [-0.2, -0.15) is 12.1 Å². The zero-order chi connectivity index (χ0) is 12.3. The molecule has 1 radical (unpaired) electrons. The van der Waals surface area contributed by atoms with E-state index < -0.39 is 0 Å². The van der Waals surface area contributed by atoms with Crippen molar-refractivity contribution in [3.05, 3.63) is 59.9 Å². The van der Waals surface area contributed by atoms with Crippen LogP contribution < -0.4 is 0 Å². The van der Waals surface area contributed by atoms with Crippen molar-refractivity contribution in [3.63, 3.8) is 0 Å². The molecule has 3 aromatic heterocycles. The molecular formula is C16H13IrN2-. The summed E-state index contributed by atoms with van der Waals surface area (Å²) in [7, 11) is 0. The summed E-state index contributed by atoms with van der Waals surface area (Å²) in [6.07, 6.45) is 1.86. The normalized spacial score (nSPS) is 14.8. The molecule has 3 heteroatoms. The second kappa shape index (κ2) is 4.03. The largest absolute Gasteiger partial charge is 0.347 e. The molecule has 0 saturated carbocycles. The Morgan fingerprint density at radius 3 is 2.84 bits per heavy atom. The van der Waals surface area contributed by atoms with Crippen molar-refractivity contribution < 1.29 is 20.1 Å². The van der Waals surface area contributed by atoms with Gasteiger partial charge in [0.25, 0.3) is 0 Å². The minimum atomic E-state index is -0.0157. The molecule has 0 N–H and O–H groups in total. The summed E-state index contributed by atoms with van der Waals surface area (Å²) in [5.74, 6) is 0. The Balaban J connectivity index is 0.00000110. The molecule has 19 heavy (non-hydrogen) atoms. The van der Waals surface area contributed by atoms with Gasteiger partial charge >= 0.3 is 0 Å². The van der Waals surface area contributed by atoms with Crippen LogP contribution in [0.15, 0.2) is 42.6 Å². The number of pyridine rings is 2. The molecule has 2 nitrogen and oxygen atoms in total. The van der Waals surface area contributed by atoms with Crippen molar-refractivity contribution in [1.29, 1.82) is 0 Å². The van der Waals surface area contributed by atoms with Crippen LogP contribution >= 0.6 is 0 Å². The number of nitrogens with zero attached hydrogens (tertiary/aromatic N) is 2. The monoisotopic (exact) mass is 426 g/mol. The maximum absolute atomic E-state index is 4.57. The number of aromatic nitrogens is 2. The fourth-order valence-corrected chi connectivity index (χ4v) is 3.00. The maximum atomic E-state index is 4.57. The van der Waals surface area contributed by atoms with Gasteiger partial charge in [0, 0.05) is 37.4 Å². The van der Waals surface area contributed by atoms with E-state index in [1.165, 1.54) is 16.8 Å². The third-order valence-electron chi connectivity index (χ3n) is 3.95. The van der Waals surface area contributed by atoms with Crippen molar-refractivity contribution >= 4 is 5.52 Å². The van der Waals surface area contributed by atoms with Crippen molar-refractivity contribution in [2.45, 2.75) is 19.3 Å². The van der Waals surface area contributed by atoms with Gasteiger partial charge in [0.15, 0.2) is 0 Å². The first-order chi connectivity index (χ1) is 8.69. The van der Waals surface area contributed by atoms with Crippen molar-refractivity contribution in [2.24, 2.45) is 0 Å². The minimum absolute atomic E-state index is 0. The summed E-state index contributed by atoms with van der Waals surface area (Å²) >= 11 is 0. The van der Waals surface area contributed by atoms with Crippen LogP contribution in [0.2, 0.25) is 0 Å². The third kappa shape index (κ3) is 1.49. The van der Waals surface area contributed by atoms with Crippen LogP contribution in [0, 0.1) is 6.07 Å². The second-order valence-corrected chi connectivity index (χ2v) is 5.33. The van der Waals surface area contributed by atoms with Gasteiger partial charge in [0.05, 0.1) is 0 Å². The van der Waals surface area contributed by atoms with Gasteiger partial charge < -0.3 is 9.38 Å². The van der Waals surface area contributed by atoms with E-state index in [1.807, 2.05) is 18.3 Å². The first-order valence-electron chi connectivity index (χ1n) is 6.18. The summed E-state index contributed by atoms with van der Waals surface area (Å²) in [4.78, 5) is 4.57. The topological polar surface area (TPSA) is 17.3 Å². The summed E-state index contributed by atoms with van der Waals surface area (Å²) in [6.45, 7) is 4.51. The van der Waals surface area contributed by atoms with Crippen molar-refractivity contribution in [2.75, 3.05) is 0 Å². The summed E-state index contributed by atoms with van der Waals surface area (Å²) in [5, 5.41) is 0. The molecule has 97 valence electrons. The Bertz CT molecular complexity index is 771. The Kier molecular flexibility index (Phi) is 2.67. The van der Waals surface area contributed by atoms with E-state index in [0.29, 0.717) is 0 Å². The molecule has 3 aromatic rings. The zero-order valence-corrected chi connectivity index (χ0v) is 13.2. The number of hydrogen-bond donors (Lipinski definition) is 0. The molecule has 0 bridgehead atoms. The molecule has 0 unspecified atom stereocenters. The number of rotatable bonds is 0. The number of fused-ring (bicyclic) bond motifs is 2. The van der Waals surface area contributed by atoms with E-state index in [1.54, 1.807) is 0 Å². The van der Waals surface area contributed by atoms with Crippen LogP contribution in [0.1, 0.15) is 25.1 Å². The van der Waals surface area contributed by atoms with E-state index in [4.69, 9.17) is 0 Å². The Morgan fingerprint density at radius 1 is 1.16 bits per heavy atom. The molecule has 0 saturated heterocycles. The minimum Gasteiger partial charge on any atom is -0.347 e. The summed E-state index contributed by atoms with van der Waals surface area (Å²) in [6, 6.07) is 16.0. The van der Waals surface area contributed by atoms with Gasteiger partial charge in [-0.3, -0.25) is 0 Å². The van der Waals surface area contributed by atoms with Crippen LogP contribution in [-0.2, 0) is 25.5 Å². The first-order valence-corrected chi connectivity index (χ1v) is 6.18. The second-order valence-electron chi connectivity index (χ2n) is 5.33. The molecule has 1 aliphatic heterocycles. The zero-order valence-electron chi connectivity index (χ0n) is 10.8. The van der Waals surface area contributed by atoms with Crippen LogP contribution in [0.5, 0.6) is 0 Å². The fraction of sp³-hybridized carbons (Fsp3) is 0.188. The molecule has 0 aliphatic carbocycles. The van der Waals surface area contributed by atoms with Crippen LogP contribution in [0.3, 0.4) is 0 Å². The Labute approximate surface area is 125 Å². The van der Waals surface area contributed by atoms with Crippen molar-refractivity contribution in [3.8, 4) is 11.4 Å². The van der Waals surface area contributed by atoms with Gasteiger partial charge in [0.2, 0.25) is 0 Å². The van der Waals surface area contributed by atoms with E-state index in [2.05, 4.69) is 53.6 Å².